The van der Waals surface area contributed by atoms with Crippen molar-refractivity contribution in [3.05, 3.63) is 0 Å². The molecule has 1 amide bonds. The molecule has 3 nitrogen and oxygen atoms in total. The first-order chi connectivity index (χ1) is 6.15. The number of carbonyl (C=O) groups excluding carboxylic acids is 1. The van der Waals surface area contributed by atoms with Gasteiger partial charge in [0.2, 0.25) is 5.91 Å². The molecule has 0 unspecified atom stereocenters. The molecule has 0 bridgehead atoms. The van der Waals surface area contributed by atoms with Crippen LogP contribution in [0.25, 0.3) is 0 Å². The number of carbonyl (C=O) groups is 1. The lowest BCUT2D eigenvalue weighted by Gasteiger charge is -2.31. The molecule has 1 aliphatic heterocycles. The number of amides is 1. The molecule has 1 N–H and O–H groups in total. The molecule has 2 atom stereocenters. The van der Waals surface area contributed by atoms with Gasteiger partial charge in [-0.05, 0) is 19.3 Å². The Morgan fingerprint density at radius 1 is 1.77 bits per heavy atom. The fourth-order valence-corrected chi connectivity index (χ4v) is 1.67. The fourth-order valence-electron chi connectivity index (χ4n) is 1.53. The average Bonchev–Trinajstić information content (AvgIpc) is 2.15. The van der Waals surface area contributed by atoms with Crippen LogP contribution in [0, 0.1) is 0 Å². The lowest BCUT2D eigenvalue weighted by molar-refractivity contribution is -0.133. The Balaban J connectivity index is 2.46. The highest BCUT2D eigenvalue weighted by Gasteiger charge is 2.25. The Hall–Kier alpha value is -0.280. The average molecular weight is 206 g/mol. The molecule has 1 saturated heterocycles. The number of rotatable bonds is 2. The summed E-state index contributed by atoms with van der Waals surface area (Å²) in [6.45, 7) is 3.07. The van der Waals surface area contributed by atoms with E-state index in [0.717, 1.165) is 19.4 Å². The van der Waals surface area contributed by atoms with Crippen molar-refractivity contribution in [2.24, 2.45) is 0 Å². The SMILES string of the molecule is CC[C@H](Cl)C(=O)N1CCC[C@H](O)C1. The van der Waals surface area contributed by atoms with Gasteiger partial charge in [-0.1, -0.05) is 6.92 Å². The number of aliphatic hydroxyl groups is 1. The molecule has 0 radical (unpaired) electrons. The predicted molar refractivity (Wildman–Crippen MR) is 51.8 cm³/mol. The van der Waals surface area contributed by atoms with Crippen LogP contribution in [0.1, 0.15) is 26.2 Å². The van der Waals surface area contributed by atoms with Gasteiger partial charge in [-0.15, -0.1) is 11.6 Å². The fraction of sp³-hybridized carbons (Fsp3) is 0.889. The molecule has 1 fully saturated rings. The minimum absolute atomic E-state index is 0.0390. The molecule has 1 rings (SSSR count). The van der Waals surface area contributed by atoms with E-state index in [4.69, 9.17) is 11.6 Å². The number of hydrogen-bond donors (Lipinski definition) is 1. The highest BCUT2D eigenvalue weighted by atomic mass is 35.5. The van der Waals surface area contributed by atoms with Gasteiger partial charge < -0.3 is 10.0 Å². The topological polar surface area (TPSA) is 40.5 Å². The number of hydrogen-bond acceptors (Lipinski definition) is 2. The Bertz CT molecular complexity index is 186. The third kappa shape index (κ3) is 2.85. The summed E-state index contributed by atoms with van der Waals surface area (Å²) in [6.07, 6.45) is 1.95. The Labute approximate surface area is 83.7 Å². The van der Waals surface area contributed by atoms with Crippen LogP contribution in [0.15, 0.2) is 0 Å². The smallest absolute Gasteiger partial charge is 0.240 e. The van der Waals surface area contributed by atoms with Crippen LogP contribution in [0.2, 0.25) is 0 Å². The second-order valence-corrected chi connectivity index (χ2v) is 3.98. The van der Waals surface area contributed by atoms with E-state index in [9.17, 15) is 9.90 Å². The molecule has 0 aromatic rings. The molecule has 0 spiro atoms. The Morgan fingerprint density at radius 2 is 2.46 bits per heavy atom. The maximum absolute atomic E-state index is 11.6. The van der Waals surface area contributed by atoms with E-state index in [0.29, 0.717) is 13.0 Å². The minimum atomic E-state index is -0.426. The van der Waals surface area contributed by atoms with Gasteiger partial charge in [0.25, 0.3) is 0 Å². The predicted octanol–water partition coefficient (Wildman–Crippen LogP) is 0.987. The molecule has 13 heavy (non-hydrogen) atoms. The summed E-state index contributed by atoms with van der Waals surface area (Å²) in [4.78, 5) is 13.2. The number of piperidine rings is 1. The lowest BCUT2D eigenvalue weighted by Crippen LogP contribution is -2.45. The quantitative estimate of drug-likeness (QED) is 0.683. The second-order valence-electron chi connectivity index (χ2n) is 3.46. The van der Waals surface area contributed by atoms with Crippen molar-refractivity contribution in [3.63, 3.8) is 0 Å². The molecular weight excluding hydrogens is 190 g/mol. The Kier molecular flexibility index (Phi) is 4.00. The number of alkyl halides is 1. The van der Waals surface area contributed by atoms with E-state index in [1.54, 1.807) is 4.90 Å². The third-order valence-corrected chi connectivity index (χ3v) is 2.83. The molecular formula is C9H16ClNO2. The van der Waals surface area contributed by atoms with Gasteiger partial charge in [-0.3, -0.25) is 4.79 Å². The number of aliphatic hydroxyl groups excluding tert-OH is 1. The normalized spacial score (nSPS) is 25.8. The zero-order valence-electron chi connectivity index (χ0n) is 7.87. The molecule has 0 aromatic carbocycles. The molecule has 0 aliphatic carbocycles. The maximum atomic E-state index is 11.6. The van der Waals surface area contributed by atoms with Crippen LogP contribution in [0.4, 0.5) is 0 Å². The first kappa shape index (κ1) is 10.8. The summed E-state index contributed by atoms with van der Waals surface area (Å²) in [5.41, 5.74) is 0. The molecule has 0 saturated carbocycles. The lowest BCUT2D eigenvalue weighted by atomic mass is 10.1. The van der Waals surface area contributed by atoms with Crippen molar-refractivity contribution >= 4 is 17.5 Å². The number of nitrogens with zero attached hydrogens (tertiary/aromatic N) is 1. The van der Waals surface area contributed by atoms with Crippen molar-refractivity contribution in [1.82, 2.24) is 4.90 Å². The van der Waals surface area contributed by atoms with Gasteiger partial charge >= 0.3 is 0 Å². The van der Waals surface area contributed by atoms with Crippen molar-refractivity contribution < 1.29 is 9.90 Å². The maximum Gasteiger partial charge on any atom is 0.240 e. The van der Waals surface area contributed by atoms with Gasteiger partial charge in [0, 0.05) is 13.1 Å². The third-order valence-electron chi connectivity index (χ3n) is 2.33. The van der Waals surface area contributed by atoms with Crippen LogP contribution in [-0.2, 0) is 4.79 Å². The van der Waals surface area contributed by atoms with E-state index in [2.05, 4.69) is 0 Å². The number of likely N-dealkylation sites (tertiary alicyclic amines) is 1. The van der Waals surface area contributed by atoms with E-state index in [1.807, 2.05) is 6.92 Å². The van der Waals surface area contributed by atoms with Gasteiger partial charge in [0.15, 0.2) is 0 Å². The molecule has 1 aliphatic rings. The first-order valence-electron chi connectivity index (χ1n) is 4.76. The summed E-state index contributed by atoms with van der Waals surface area (Å²) in [6, 6.07) is 0. The largest absolute Gasteiger partial charge is 0.391 e. The van der Waals surface area contributed by atoms with E-state index >= 15 is 0 Å². The summed E-state index contributed by atoms with van der Waals surface area (Å²) in [7, 11) is 0. The van der Waals surface area contributed by atoms with E-state index < -0.39 is 5.38 Å². The Morgan fingerprint density at radius 3 is 3.00 bits per heavy atom. The van der Waals surface area contributed by atoms with Gasteiger partial charge in [0.05, 0.1) is 6.10 Å². The summed E-state index contributed by atoms with van der Waals surface area (Å²) >= 11 is 5.82. The summed E-state index contributed by atoms with van der Waals surface area (Å²) < 4.78 is 0. The molecule has 1 heterocycles. The van der Waals surface area contributed by atoms with E-state index in [1.165, 1.54) is 0 Å². The first-order valence-corrected chi connectivity index (χ1v) is 5.19. The van der Waals surface area contributed by atoms with Gasteiger partial charge in [0.1, 0.15) is 5.38 Å². The minimum Gasteiger partial charge on any atom is -0.391 e. The van der Waals surface area contributed by atoms with Crippen LogP contribution >= 0.6 is 11.6 Å². The standard InChI is InChI=1S/C9H16ClNO2/c1-2-8(10)9(13)11-5-3-4-7(12)6-11/h7-8,12H,2-6H2,1H3/t7-,8-/m0/s1. The van der Waals surface area contributed by atoms with Crippen molar-refractivity contribution in [2.45, 2.75) is 37.7 Å². The molecule has 76 valence electrons. The van der Waals surface area contributed by atoms with Crippen molar-refractivity contribution in [1.29, 1.82) is 0 Å². The van der Waals surface area contributed by atoms with Crippen LogP contribution in [0.5, 0.6) is 0 Å². The molecule has 4 heteroatoms. The highest BCUT2D eigenvalue weighted by Crippen LogP contribution is 2.14. The van der Waals surface area contributed by atoms with Gasteiger partial charge in [-0.25, -0.2) is 0 Å². The highest BCUT2D eigenvalue weighted by molar-refractivity contribution is 6.30. The van der Waals surface area contributed by atoms with Crippen molar-refractivity contribution in [2.75, 3.05) is 13.1 Å². The number of halogens is 1. The number of β-amino-alcohol motifs (C(OH)–C–C–N with tert-alkyl or cyclic N) is 1. The summed E-state index contributed by atoms with van der Waals surface area (Å²) in [5, 5.41) is 8.92. The molecule has 0 aromatic heterocycles. The van der Waals surface area contributed by atoms with Gasteiger partial charge in [-0.2, -0.15) is 0 Å². The van der Waals surface area contributed by atoms with Crippen molar-refractivity contribution in [3.8, 4) is 0 Å². The van der Waals surface area contributed by atoms with Crippen LogP contribution < -0.4 is 0 Å². The second kappa shape index (κ2) is 4.82. The van der Waals surface area contributed by atoms with E-state index in [-0.39, 0.29) is 12.0 Å². The monoisotopic (exact) mass is 205 g/mol. The zero-order chi connectivity index (χ0) is 9.84. The van der Waals surface area contributed by atoms with Crippen LogP contribution in [-0.4, -0.2) is 40.5 Å². The zero-order valence-corrected chi connectivity index (χ0v) is 8.63. The van der Waals surface area contributed by atoms with Crippen LogP contribution in [0.3, 0.4) is 0 Å². The summed E-state index contributed by atoms with van der Waals surface area (Å²) in [5.74, 6) is -0.0390.